The lowest BCUT2D eigenvalue weighted by molar-refractivity contribution is 1.30. The van der Waals surface area contributed by atoms with E-state index in [-0.39, 0.29) is 0 Å². The minimum Gasteiger partial charge on any atom is -0.398 e. The molecule has 0 radical (unpaired) electrons. The highest BCUT2D eigenvalue weighted by Gasteiger charge is 2.14. The van der Waals surface area contributed by atoms with Crippen molar-refractivity contribution in [3.8, 4) is 18.4 Å². The molecule has 26 heavy (non-hydrogen) atoms. The lowest BCUT2D eigenvalue weighted by Gasteiger charge is -2.11. The van der Waals surface area contributed by atoms with E-state index < -0.39 is 0 Å². The van der Waals surface area contributed by atoms with Crippen LogP contribution >= 0.6 is 23.5 Å². The Bertz CT molecular complexity index is 880. The summed E-state index contributed by atoms with van der Waals surface area (Å²) in [7, 11) is 0. The number of allylic oxidation sites excluding steroid dienone is 3. The molecule has 0 atom stereocenters. The van der Waals surface area contributed by atoms with Gasteiger partial charge in [-0.2, -0.15) is 5.26 Å². The summed E-state index contributed by atoms with van der Waals surface area (Å²) in [6.45, 7) is 3.85. The maximum Gasteiger partial charge on any atom is 0.101 e. The summed E-state index contributed by atoms with van der Waals surface area (Å²) in [6, 6.07) is 17.6. The van der Waals surface area contributed by atoms with Crippen LogP contribution in [0.15, 0.2) is 79.4 Å². The lowest BCUT2D eigenvalue weighted by atomic mass is 10.1. The fourth-order valence-corrected chi connectivity index (χ4v) is 3.99. The normalized spacial score (nSPS) is 12.5. The third-order valence-corrected chi connectivity index (χ3v) is 5.80. The highest BCUT2D eigenvalue weighted by molar-refractivity contribution is 8.03. The summed E-state index contributed by atoms with van der Waals surface area (Å²) in [4.78, 5) is 2.64. The van der Waals surface area contributed by atoms with Crippen LogP contribution in [0.3, 0.4) is 0 Å². The number of hydrogen-bond acceptors (Lipinski definition) is 5. The van der Waals surface area contributed by atoms with E-state index in [1.54, 1.807) is 0 Å². The number of terminal acetylenes is 1. The van der Waals surface area contributed by atoms with E-state index in [9.17, 15) is 5.26 Å². The van der Waals surface area contributed by atoms with Gasteiger partial charge in [0.05, 0.1) is 16.2 Å². The van der Waals surface area contributed by atoms with Gasteiger partial charge in [0, 0.05) is 20.4 Å². The largest absolute Gasteiger partial charge is 0.398 e. The van der Waals surface area contributed by atoms with Crippen LogP contribution in [0.5, 0.6) is 0 Å². The first kappa shape index (κ1) is 19.6. The van der Waals surface area contributed by atoms with Gasteiger partial charge in [0.15, 0.2) is 0 Å². The first-order valence-electron chi connectivity index (χ1n) is 7.81. The highest BCUT2D eigenvalue weighted by atomic mass is 32.2. The summed E-state index contributed by atoms with van der Waals surface area (Å²) in [5.41, 5.74) is 14.8. The molecule has 0 saturated heterocycles. The van der Waals surface area contributed by atoms with Crippen LogP contribution in [0.25, 0.3) is 0 Å². The summed E-state index contributed by atoms with van der Waals surface area (Å²) < 4.78 is 0. The van der Waals surface area contributed by atoms with Gasteiger partial charge in [0.1, 0.15) is 6.07 Å². The fraction of sp³-hybridized carbons (Fsp3) is 0.0952. The molecule has 0 aromatic heterocycles. The van der Waals surface area contributed by atoms with Crippen LogP contribution in [-0.4, -0.2) is 0 Å². The molecule has 0 aliphatic heterocycles. The first-order valence-corrected chi connectivity index (χ1v) is 9.44. The van der Waals surface area contributed by atoms with E-state index in [0.717, 1.165) is 20.3 Å². The van der Waals surface area contributed by atoms with Crippen LogP contribution in [0.2, 0.25) is 0 Å². The van der Waals surface area contributed by atoms with Crippen molar-refractivity contribution in [1.29, 1.82) is 5.26 Å². The van der Waals surface area contributed by atoms with Crippen molar-refractivity contribution in [2.45, 2.75) is 23.6 Å². The minimum absolute atomic E-state index is 0.388. The van der Waals surface area contributed by atoms with E-state index in [4.69, 9.17) is 17.9 Å². The highest BCUT2D eigenvalue weighted by Crippen LogP contribution is 2.36. The number of nitriles is 1. The number of rotatable bonds is 5. The van der Waals surface area contributed by atoms with Gasteiger partial charge in [-0.05, 0) is 37.6 Å². The summed E-state index contributed by atoms with van der Waals surface area (Å²) in [6.07, 6.45) is 5.68. The Morgan fingerprint density at radius 3 is 2.19 bits per heavy atom. The molecule has 2 rings (SSSR count). The van der Waals surface area contributed by atoms with E-state index >= 15 is 0 Å². The van der Waals surface area contributed by atoms with Crippen molar-refractivity contribution in [1.82, 2.24) is 0 Å². The Morgan fingerprint density at radius 1 is 1.00 bits per heavy atom. The standard InChI is InChI=1S/C21H19N3S2/c1-4-16(21(24)26-19-11-7-5-9-14(19)2)17(13-22)15(3)25-20-12-8-6-10-18(20)23/h1,5-12H,23-24H2,2-3H3/b17-15+,21-16+. The average Bonchev–Trinajstić information content (AvgIpc) is 2.63. The molecule has 0 bridgehead atoms. The van der Waals surface area contributed by atoms with Crippen LogP contribution in [0.1, 0.15) is 12.5 Å². The Balaban J connectivity index is 2.42. The number of thioether (sulfide) groups is 2. The van der Waals surface area contributed by atoms with Gasteiger partial charge < -0.3 is 11.5 Å². The SMILES string of the molecule is C#CC(/C(C#N)=C(\C)Sc1ccccc1N)=C(/N)Sc1ccccc1C. The summed E-state index contributed by atoms with van der Waals surface area (Å²) >= 11 is 2.78. The maximum absolute atomic E-state index is 9.67. The van der Waals surface area contributed by atoms with Gasteiger partial charge in [-0.3, -0.25) is 0 Å². The van der Waals surface area contributed by atoms with Gasteiger partial charge in [0.25, 0.3) is 0 Å². The molecule has 4 N–H and O–H groups in total. The van der Waals surface area contributed by atoms with E-state index in [0.29, 0.717) is 21.9 Å². The number of hydrogen-bond donors (Lipinski definition) is 2. The van der Waals surface area contributed by atoms with Crippen molar-refractivity contribution in [3.05, 3.63) is 75.2 Å². The fourth-order valence-electron chi connectivity index (χ4n) is 2.21. The Hall–Kier alpha value is -2.73. The van der Waals surface area contributed by atoms with Crippen LogP contribution in [0, 0.1) is 30.6 Å². The molecule has 0 aliphatic carbocycles. The number of benzene rings is 2. The van der Waals surface area contributed by atoms with Gasteiger partial charge in [-0.25, -0.2) is 0 Å². The molecule has 0 heterocycles. The van der Waals surface area contributed by atoms with Crippen molar-refractivity contribution < 1.29 is 0 Å². The number of para-hydroxylation sites is 1. The van der Waals surface area contributed by atoms with Gasteiger partial charge >= 0.3 is 0 Å². The number of nitrogens with zero attached hydrogens (tertiary/aromatic N) is 1. The van der Waals surface area contributed by atoms with E-state index in [1.165, 1.54) is 23.5 Å². The maximum atomic E-state index is 9.67. The quantitative estimate of drug-likeness (QED) is 0.250. The van der Waals surface area contributed by atoms with Crippen molar-refractivity contribution in [2.24, 2.45) is 5.73 Å². The number of nitrogens with two attached hydrogens (primary N) is 2. The number of anilines is 1. The second kappa shape index (κ2) is 9.10. The predicted molar refractivity (Wildman–Crippen MR) is 112 cm³/mol. The van der Waals surface area contributed by atoms with Gasteiger partial charge in [0.2, 0.25) is 0 Å². The molecule has 0 aliphatic rings. The summed E-state index contributed by atoms with van der Waals surface area (Å²) in [5.74, 6) is 2.58. The molecule has 5 heteroatoms. The zero-order valence-electron chi connectivity index (χ0n) is 14.6. The monoisotopic (exact) mass is 377 g/mol. The molecule has 0 saturated carbocycles. The smallest absolute Gasteiger partial charge is 0.101 e. The average molecular weight is 378 g/mol. The number of nitrogen functional groups attached to an aromatic ring is 1. The molecular formula is C21H19N3S2. The molecular weight excluding hydrogens is 358 g/mol. The van der Waals surface area contributed by atoms with Crippen molar-refractivity contribution >= 4 is 29.2 Å². The van der Waals surface area contributed by atoms with Gasteiger partial charge in [-0.15, -0.1) is 6.42 Å². The zero-order chi connectivity index (χ0) is 19.1. The van der Waals surface area contributed by atoms with Crippen LogP contribution in [-0.2, 0) is 0 Å². The third-order valence-electron chi connectivity index (χ3n) is 3.60. The Kier molecular flexibility index (Phi) is 6.86. The molecule has 130 valence electrons. The van der Waals surface area contributed by atoms with Crippen molar-refractivity contribution in [3.63, 3.8) is 0 Å². The van der Waals surface area contributed by atoms with Crippen LogP contribution < -0.4 is 11.5 Å². The Labute approximate surface area is 163 Å². The minimum atomic E-state index is 0.388. The second-order valence-electron chi connectivity index (χ2n) is 5.43. The summed E-state index contributed by atoms with van der Waals surface area (Å²) in [5, 5.41) is 10.1. The number of aryl methyl sites for hydroxylation is 1. The molecule has 2 aromatic carbocycles. The molecule has 0 amide bonds. The lowest BCUT2D eigenvalue weighted by Crippen LogP contribution is -2.01. The predicted octanol–water partition coefficient (Wildman–Crippen LogP) is 5.06. The van der Waals surface area contributed by atoms with E-state index in [1.807, 2.05) is 62.4 Å². The van der Waals surface area contributed by atoms with Gasteiger partial charge in [-0.1, -0.05) is 59.8 Å². The molecule has 3 nitrogen and oxygen atoms in total. The Morgan fingerprint density at radius 2 is 1.62 bits per heavy atom. The second-order valence-corrected chi connectivity index (χ2v) is 7.77. The molecule has 0 fully saturated rings. The van der Waals surface area contributed by atoms with Crippen molar-refractivity contribution in [2.75, 3.05) is 5.73 Å². The zero-order valence-corrected chi connectivity index (χ0v) is 16.2. The topological polar surface area (TPSA) is 75.8 Å². The van der Waals surface area contributed by atoms with E-state index in [2.05, 4.69) is 12.0 Å². The molecule has 0 spiro atoms. The first-order chi connectivity index (χ1) is 12.5. The molecule has 0 unspecified atom stereocenters. The third kappa shape index (κ3) is 4.67. The van der Waals surface area contributed by atoms with Crippen LogP contribution in [0.4, 0.5) is 5.69 Å². The molecule has 2 aromatic rings.